The maximum Gasteiger partial charge on any atom is 0.248 e. The molecule has 2 bridgehead atoms. The van der Waals surface area contributed by atoms with E-state index in [1.54, 1.807) is 18.2 Å². The summed E-state index contributed by atoms with van der Waals surface area (Å²) in [4.78, 5) is 13.7. The topological polar surface area (TPSA) is 84.4 Å². The zero-order valence-corrected chi connectivity index (χ0v) is 10.9. The third-order valence-electron chi connectivity index (χ3n) is 4.33. The number of nitrogen functional groups attached to an aromatic ring is 1. The molecule has 0 aromatic heterocycles. The van der Waals surface area contributed by atoms with Gasteiger partial charge >= 0.3 is 0 Å². The van der Waals surface area contributed by atoms with Crippen LogP contribution in [0, 0.1) is 5.92 Å². The summed E-state index contributed by atoms with van der Waals surface area (Å²) in [5.74, 6) is 0.290. The molecule has 3 aliphatic rings. The number of primary amides is 1. The van der Waals surface area contributed by atoms with E-state index in [4.69, 9.17) is 11.5 Å². The molecule has 0 spiro atoms. The van der Waals surface area contributed by atoms with E-state index in [1.807, 2.05) is 0 Å². The quantitative estimate of drug-likeness (QED) is 0.704. The highest BCUT2D eigenvalue weighted by atomic mass is 16.1. The van der Waals surface area contributed by atoms with Gasteiger partial charge in [-0.3, -0.25) is 4.79 Å². The molecule has 1 aromatic rings. The number of carbonyl (C=O) groups is 1. The van der Waals surface area contributed by atoms with Crippen LogP contribution in [0.1, 0.15) is 23.2 Å². The van der Waals surface area contributed by atoms with Crippen LogP contribution in [0.4, 0.5) is 11.4 Å². The molecule has 1 atom stereocenters. The number of anilines is 2. The summed E-state index contributed by atoms with van der Waals surface area (Å²) >= 11 is 0. The lowest BCUT2D eigenvalue weighted by Crippen LogP contribution is -2.53. The van der Waals surface area contributed by atoms with E-state index in [9.17, 15) is 4.79 Å². The Hall–Kier alpha value is -1.75. The van der Waals surface area contributed by atoms with Gasteiger partial charge in [0.25, 0.3) is 0 Å². The minimum Gasteiger partial charge on any atom is -0.397 e. The Labute approximate surface area is 112 Å². The monoisotopic (exact) mass is 260 g/mol. The van der Waals surface area contributed by atoms with Crippen molar-refractivity contribution in [3.05, 3.63) is 23.8 Å². The van der Waals surface area contributed by atoms with Crippen LogP contribution in [0.25, 0.3) is 0 Å². The number of hydrogen-bond acceptors (Lipinski definition) is 4. The first-order valence-electron chi connectivity index (χ1n) is 6.81. The number of rotatable bonds is 3. The van der Waals surface area contributed by atoms with Gasteiger partial charge in [-0.1, -0.05) is 0 Å². The summed E-state index contributed by atoms with van der Waals surface area (Å²) in [5.41, 5.74) is 13.3. The highest BCUT2D eigenvalue weighted by Crippen LogP contribution is 2.31. The molecule has 0 saturated carbocycles. The maximum absolute atomic E-state index is 11.2. The van der Waals surface area contributed by atoms with Crippen LogP contribution < -0.4 is 16.8 Å². The Morgan fingerprint density at radius 3 is 2.63 bits per heavy atom. The SMILES string of the molecule is NC(=O)c1ccc(N)c(NC2CN3CCC2CC3)c1. The summed E-state index contributed by atoms with van der Waals surface area (Å²) in [5, 5.41) is 3.50. The first-order chi connectivity index (χ1) is 9.13. The first-order valence-corrected chi connectivity index (χ1v) is 6.81. The number of amides is 1. The first kappa shape index (κ1) is 12.3. The fourth-order valence-corrected chi connectivity index (χ4v) is 3.16. The molecule has 102 valence electrons. The Kier molecular flexibility index (Phi) is 3.06. The van der Waals surface area contributed by atoms with Crippen LogP contribution in [0.3, 0.4) is 0 Å². The molecule has 1 amide bonds. The second kappa shape index (κ2) is 4.74. The van der Waals surface area contributed by atoms with Gasteiger partial charge in [-0.05, 0) is 50.0 Å². The highest BCUT2D eigenvalue weighted by Gasteiger charge is 2.34. The molecule has 1 aromatic carbocycles. The third kappa shape index (κ3) is 2.38. The molecule has 3 fully saturated rings. The van der Waals surface area contributed by atoms with Gasteiger partial charge in [-0.2, -0.15) is 0 Å². The average molecular weight is 260 g/mol. The van der Waals surface area contributed by atoms with Crippen molar-refractivity contribution in [1.29, 1.82) is 0 Å². The average Bonchev–Trinajstić information content (AvgIpc) is 2.42. The van der Waals surface area contributed by atoms with Crippen LogP contribution in [0.2, 0.25) is 0 Å². The van der Waals surface area contributed by atoms with Crippen LogP contribution in [0.15, 0.2) is 18.2 Å². The third-order valence-corrected chi connectivity index (χ3v) is 4.33. The van der Waals surface area contributed by atoms with Crippen LogP contribution in [0.5, 0.6) is 0 Å². The number of benzene rings is 1. The van der Waals surface area contributed by atoms with Crippen LogP contribution in [-0.4, -0.2) is 36.5 Å². The molecule has 3 heterocycles. The number of hydrogen-bond donors (Lipinski definition) is 3. The predicted molar refractivity (Wildman–Crippen MR) is 75.9 cm³/mol. The molecule has 3 saturated heterocycles. The summed E-state index contributed by atoms with van der Waals surface area (Å²) in [7, 11) is 0. The van der Waals surface area contributed by atoms with Gasteiger partial charge in [0.15, 0.2) is 0 Å². The molecule has 0 radical (unpaired) electrons. The molecular weight excluding hydrogens is 240 g/mol. The second-order valence-electron chi connectivity index (χ2n) is 5.56. The molecular formula is C14H20N4O. The zero-order chi connectivity index (χ0) is 13.4. The van der Waals surface area contributed by atoms with Crippen LogP contribution in [-0.2, 0) is 0 Å². The van der Waals surface area contributed by atoms with Crippen molar-refractivity contribution in [2.45, 2.75) is 18.9 Å². The van der Waals surface area contributed by atoms with E-state index < -0.39 is 5.91 Å². The minimum atomic E-state index is -0.419. The Morgan fingerprint density at radius 1 is 1.32 bits per heavy atom. The van der Waals surface area contributed by atoms with E-state index in [-0.39, 0.29) is 0 Å². The van der Waals surface area contributed by atoms with Gasteiger partial charge in [-0.25, -0.2) is 0 Å². The lowest BCUT2D eigenvalue weighted by Gasteiger charge is -2.45. The van der Waals surface area contributed by atoms with Gasteiger partial charge < -0.3 is 21.7 Å². The number of carbonyl (C=O) groups excluding carboxylic acids is 1. The van der Waals surface area contributed by atoms with Gasteiger partial charge in [0, 0.05) is 18.2 Å². The Balaban J connectivity index is 1.79. The Bertz CT molecular complexity index is 494. The zero-order valence-electron chi connectivity index (χ0n) is 10.9. The second-order valence-corrected chi connectivity index (χ2v) is 5.56. The number of nitrogens with one attached hydrogen (secondary N) is 1. The molecule has 0 aliphatic carbocycles. The van der Waals surface area contributed by atoms with E-state index in [2.05, 4.69) is 10.2 Å². The van der Waals surface area contributed by atoms with E-state index in [0.29, 0.717) is 23.2 Å². The smallest absolute Gasteiger partial charge is 0.248 e. The van der Waals surface area contributed by atoms with Crippen molar-refractivity contribution in [1.82, 2.24) is 4.90 Å². The Morgan fingerprint density at radius 2 is 2.05 bits per heavy atom. The van der Waals surface area contributed by atoms with Crippen molar-refractivity contribution >= 4 is 17.3 Å². The molecule has 1 unspecified atom stereocenters. The number of piperidine rings is 3. The molecule has 5 nitrogen and oxygen atoms in total. The number of nitrogens with two attached hydrogens (primary N) is 2. The number of nitrogens with zero attached hydrogens (tertiary/aromatic N) is 1. The van der Waals surface area contributed by atoms with E-state index in [1.165, 1.54) is 25.9 Å². The summed E-state index contributed by atoms with van der Waals surface area (Å²) in [6.45, 7) is 3.48. The highest BCUT2D eigenvalue weighted by molar-refractivity contribution is 5.94. The van der Waals surface area contributed by atoms with Crippen LogP contribution >= 0.6 is 0 Å². The molecule has 19 heavy (non-hydrogen) atoms. The summed E-state index contributed by atoms with van der Waals surface area (Å²) in [6.07, 6.45) is 2.49. The van der Waals surface area contributed by atoms with Gasteiger partial charge in [-0.15, -0.1) is 0 Å². The lowest BCUT2D eigenvalue weighted by atomic mass is 9.84. The van der Waals surface area contributed by atoms with Crippen molar-refractivity contribution < 1.29 is 4.79 Å². The van der Waals surface area contributed by atoms with Gasteiger partial charge in [0.05, 0.1) is 11.4 Å². The molecule has 3 aliphatic heterocycles. The van der Waals surface area contributed by atoms with Crippen molar-refractivity contribution in [2.75, 3.05) is 30.7 Å². The molecule has 5 N–H and O–H groups in total. The largest absolute Gasteiger partial charge is 0.397 e. The lowest BCUT2D eigenvalue weighted by molar-refractivity contribution is 0.0975. The predicted octanol–water partition coefficient (Wildman–Crippen LogP) is 0.874. The van der Waals surface area contributed by atoms with Gasteiger partial charge in [0.2, 0.25) is 5.91 Å². The standard InChI is InChI=1S/C14H20N4O/c15-11-2-1-10(14(16)19)7-12(11)17-13-8-18-5-3-9(13)4-6-18/h1-2,7,9,13,17H,3-6,8,15H2,(H2,16,19). The van der Waals surface area contributed by atoms with Gasteiger partial charge in [0.1, 0.15) is 0 Å². The van der Waals surface area contributed by atoms with Crippen molar-refractivity contribution in [3.8, 4) is 0 Å². The van der Waals surface area contributed by atoms with E-state index >= 15 is 0 Å². The maximum atomic E-state index is 11.2. The fourth-order valence-electron chi connectivity index (χ4n) is 3.16. The molecule has 4 rings (SSSR count). The number of fused-ring (bicyclic) bond motifs is 3. The summed E-state index contributed by atoms with van der Waals surface area (Å²) in [6, 6.07) is 5.59. The minimum absolute atomic E-state index is 0.419. The van der Waals surface area contributed by atoms with Crippen molar-refractivity contribution in [3.63, 3.8) is 0 Å². The van der Waals surface area contributed by atoms with Crippen molar-refractivity contribution in [2.24, 2.45) is 11.7 Å². The molecule has 5 heteroatoms. The fraction of sp³-hybridized carbons (Fsp3) is 0.500. The van der Waals surface area contributed by atoms with E-state index in [0.717, 1.165) is 12.2 Å². The summed E-state index contributed by atoms with van der Waals surface area (Å²) < 4.78 is 0. The normalized spacial score (nSPS) is 29.2.